The molecule has 0 saturated carbocycles. The van der Waals surface area contributed by atoms with Crippen LogP contribution in [0.3, 0.4) is 0 Å². The fraction of sp³-hybridized carbons (Fsp3) is 0.278. The molecule has 0 spiro atoms. The highest BCUT2D eigenvalue weighted by Crippen LogP contribution is 2.20. The van der Waals surface area contributed by atoms with Crippen LogP contribution in [0.5, 0.6) is 5.75 Å². The fourth-order valence-corrected chi connectivity index (χ4v) is 2.30. The number of carbonyl (C=O) groups excluding carboxylic acids is 1. The first-order valence-electron chi connectivity index (χ1n) is 7.61. The number of amides is 2. The normalized spacial score (nSPS) is 10.2. The van der Waals surface area contributed by atoms with E-state index in [1.165, 1.54) is 0 Å². The minimum atomic E-state index is -0.130. The van der Waals surface area contributed by atoms with E-state index in [2.05, 4.69) is 5.32 Å². The second-order valence-corrected chi connectivity index (χ2v) is 5.48. The topological polar surface area (TPSA) is 41.6 Å². The van der Waals surface area contributed by atoms with Crippen molar-refractivity contribution in [3.05, 3.63) is 59.1 Å². The lowest BCUT2D eigenvalue weighted by atomic mass is 10.2. The van der Waals surface area contributed by atoms with Gasteiger partial charge in [-0.25, -0.2) is 4.79 Å². The van der Waals surface area contributed by atoms with Gasteiger partial charge in [0.25, 0.3) is 0 Å². The first-order chi connectivity index (χ1) is 11.1. The zero-order valence-corrected chi connectivity index (χ0v) is 14.1. The number of rotatable bonds is 6. The number of benzene rings is 2. The molecule has 4 nitrogen and oxygen atoms in total. The smallest absolute Gasteiger partial charge is 0.321 e. The summed E-state index contributed by atoms with van der Waals surface area (Å²) in [6, 6.07) is 15.0. The van der Waals surface area contributed by atoms with Gasteiger partial charge in [-0.1, -0.05) is 29.8 Å². The van der Waals surface area contributed by atoms with Crippen molar-refractivity contribution in [3.8, 4) is 5.75 Å². The Hall–Kier alpha value is -2.20. The molecule has 0 atom stereocenters. The standard InChI is InChI=1S/C18H21ClN2O2/c1-3-21(15-7-5-4-6-8-15)18(22)20-11-12-23-16-9-10-17(19)14(2)13-16/h4-10,13H,3,11-12H2,1-2H3,(H,20,22). The molecule has 0 aliphatic carbocycles. The molecule has 5 heteroatoms. The Bertz CT molecular complexity index is 647. The van der Waals surface area contributed by atoms with E-state index >= 15 is 0 Å². The lowest BCUT2D eigenvalue weighted by molar-refractivity contribution is 0.242. The molecule has 0 radical (unpaired) electrons. The van der Waals surface area contributed by atoms with Gasteiger partial charge in [0.1, 0.15) is 12.4 Å². The lowest BCUT2D eigenvalue weighted by Gasteiger charge is -2.21. The number of hydrogen-bond acceptors (Lipinski definition) is 2. The highest BCUT2D eigenvalue weighted by atomic mass is 35.5. The summed E-state index contributed by atoms with van der Waals surface area (Å²) in [6.07, 6.45) is 0. The zero-order chi connectivity index (χ0) is 16.7. The maximum atomic E-state index is 12.2. The SMILES string of the molecule is CCN(C(=O)NCCOc1ccc(Cl)c(C)c1)c1ccccc1. The molecule has 0 bridgehead atoms. The minimum absolute atomic E-state index is 0.130. The first-order valence-corrected chi connectivity index (χ1v) is 7.99. The monoisotopic (exact) mass is 332 g/mol. The average molecular weight is 333 g/mol. The van der Waals surface area contributed by atoms with E-state index in [9.17, 15) is 4.79 Å². The highest BCUT2D eigenvalue weighted by molar-refractivity contribution is 6.31. The van der Waals surface area contributed by atoms with Gasteiger partial charge in [-0.15, -0.1) is 0 Å². The summed E-state index contributed by atoms with van der Waals surface area (Å²) in [5.74, 6) is 0.747. The van der Waals surface area contributed by atoms with Gasteiger partial charge in [-0.2, -0.15) is 0 Å². The molecule has 2 aromatic rings. The van der Waals surface area contributed by atoms with E-state index in [-0.39, 0.29) is 6.03 Å². The summed E-state index contributed by atoms with van der Waals surface area (Å²) in [5, 5.41) is 3.58. The Morgan fingerprint density at radius 1 is 1.22 bits per heavy atom. The van der Waals surface area contributed by atoms with Crippen LogP contribution in [-0.2, 0) is 0 Å². The molecule has 2 aromatic carbocycles. The third kappa shape index (κ3) is 4.89. The molecule has 23 heavy (non-hydrogen) atoms. The van der Waals surface area contributed by atoms with Crippen LogP contribution in [0, 0.1) is 6.92 Å². The quantitative estimate of drug-likeness (QED) is 0.803. The van der Waals surface area contributed by atoms with Crippen LogP contribution in [0.1, 0.15) is 12.5 Å². The van der Waals surface area contributed by atoms with Crippen LogP contribution in [0.4, 0.5) is 10.5 Å². The van der Waals surface area contributed by atoms with Gasteiger partial charge < -0.3 is 10.1 Å². The number of para-hydroxylation sites is 1. The molecule has 0 fully saturated rings. The van der Waals surface area contributed by atoms with Crippen LogP contribution >= 0.6 is 11.6 Å². The summed E-state index contributed by atoms with van der Waals surface area (Å²) in [7, 11) is 0. The van der Waals surface area contributed by atoms with Crippen molar-refractivity contribution >= 4 is 23.3 Å². The Kier molecular flexibility index (Phi) is 6.29. The van der Waals surface area contributed by atoms with Crippen LogP contribution in [0.15, 0.2) is 48.5 Å². The minimum Gasteiger partial charge on any atom is -0.492 e. The van der Waals surface area contributed by atoms with E-state index in [0.29, 0.717) is 24.7 Å². The van der Waals surface area contributed by atoms with E-state index < -0.39 is 0 Å². The lowest BCUT2D eigenvalue weighted by Crippen LogP contribution is -2.41. The molecule has 0 unspecified atom stereocenters. The number of hydrogen-bond donors (Lipinski definition) is 1. The average Bonchev–Trinajstić information content (AvgIpc) is 2.56. The van der Waals surface area contributed by atoms with E-state index in [4.69, 9.17) is 16.3 Å². The molecule has 2 amide bonds. The molecule has 2 rings (SSSR count). The highest BCUT2D eigenvalue weighted by Gasteiger charge is 2.12. The van der Waals surface area contributed by atoms with Gasteiger partial charge in [0.15, 0.2) is 0 Å². The van der Waals surface area contributed by atoms with Gasteiger partial charge >= 0.3 is 6.03 Å². The van der Waals surface area contributed by atoms with Crippen molar-refractivity contribution in [2.75, 3.05) is 24.6 Å². The Balaban J connectivity index is 1.81. The maximum absolute atomic E-state index is 12.2. The van der Waals surface area contributed by atoms with Crippen LogP contribution in [0.25, 0.3) is 0 Å². The molecule has 0 aliphatic heterocycles. The number of aryl methyl sites for hydroxylation is 1. The molecule has 0 saturated heterocycles. The van der Waals surface area contributed by atoms with Crippen LogP contribution < -0.4 is 15.0 Å². The fourth-order valence-electron chi connectivity index (χ4n) is 2.18. The summed E-state index contributed by atoms with van der Waals surface area (Å²) in [4.78, 5) is 13.9. The van der Waals surface area contributed by atoms with Gasteiger partial charge in [0, 0.05) is 17.3 Å². The van der Waals surface area contributed by atoms with Gasteiger partial charge in [0.05, 0.1) is 6.54 Å². The van der Waals surface area contributed by atoms with E-state index in [1.54, 1.807) is 11.0 Å². The predicted molar refractivity (Wildman–Crippen MR) is 94.5 cm³/mol. The van der Waals surface area contributed by atoms with Crippen molar-refractivity contribution in [3.63, 3.8) is 0 Å². The summed E-state index contributed by atoms with van der Waals surface area (Å²) in [5.41, 5.74) is 1.84. The summed E-state index contributed by atoms with van der Waals surface area (Å²) in [6.45, 7) is 5.31. The Morgan fingerprint density at radius 3 is 2.61 bits per heavy atom. The maximum Gasteiger partial charge on any atom is 0.321 e. The molecular weight excluding hydrogens is 312 g/mol. The van der Waals surface area contributed by atoms with Crippen molar-refractivity contribution < 1.29 is 9.53 Å². The third-order valence-electron chi connectivity index (χ3n) is 3.41. The largest absolute Gasteiger partial charge is 0.492 e. The molecule has 0 aliphatic rings. The van der Waals surface area contributed by atoms with Crippen LogP contribution in [-0.4, -0.2) is 25.7 Å². The number of urea groups is 1. The van der Waals surface area contributed by atoms with Crippen molar-refractivity contribution in [1.29, 1.82) is 0 Å². The molecular formula is C18H21ClN2O2. The predicted octanol–water partition coefficient (Wildman–Crippen LogP) is 4.26. The van der Waals surface area contributed by atoms with Gasteiger partial charge in [-0.05, 0) is 49.7 Å². The number of anilines is 1. The van der Waals surface area contributed by atoms with Crippen molar-refractivity contribution in [2.45, 2.75) is 13.8 Å². The second kappa shape index (κ2) is 8.44. The zero-order valence-electron chi connectivity index (χ0n) is 13.4. The van der Waals surface area contributed by atoms with Crippen molar-refractivity contribution in [1.82, 2.24) is 5.32 Å². The molecule has 1 N–H and O–H groups in total. The summed E-state index contributed by atoms with van der Waals surface area (Å²) >= 11 is 5.97. The van der Waals surface area contributed by atoms with Gasteiger partial charge in [0.2, 0.25) is 0 Å². The number of ether oxygens (including phenoxy) is 1. The molecule has 122 valence electrons. The number of halogens is 1. The third-order valence-corrected chi connectivity index (χ3v) is 3.83. The molecule has 0 heterocycles. The second-order valence-electron chi connectivity index (χ2n) is 5.07. The Morgan fingerprint density at radius 2 is 1.96 bits per heavy atom. The van der Waals surface area contributed by atoms with Crippen molar-refractivity contribution in [2.24, 2.45) is 0 Å². The molecule has 0 aromatic heterocycles. The van der Waals surface area contributed by atoms with Gasteiger partial charge in [-0.3, -0.25) is 4.90 Å². The van der Waals surface area contributed by atoms with E-state index in [1.807, 2.05) is 56.3 Å². The number of nitrogens with one attached hydrogen (secondary N) is 1. The van der Waals surface area contributed by atoms with Crippen LogP contribution in [0.2, 0.25) is 5.02 Å². The Labute approximate surface area is 142 Å². The first kappa shape index (κ1) is 17.2. The van der Waals surface area contributed by atoms with E-state index in [0.717, 1.165) is 17.0 Å². The number of carbonyl (C=O) groups is 1. The number of nitrogens with zero attached hydrogens (tertiary/aromatic N) is 1. The summed E-state index contributed by atoms with van der Waals surface area (Å²) < 4.78 is 5.62.